The van der Waals surface area contributed by atoms with Gasteiger partial charge in [-0.05, 0) is 11.6 Å². The minimum absolute atomic E-state index is 0.152. The van der Waals surface area contributed by atoms with Crippen molar-refractivity contribution < 1.29 is 0 Å². The molecule has 0 aliphatic rings. The molecule has 5 heteroatoms. The smallest absolute Gasteiger partial charge is 0.252 e. The summed E-state index contributed by atoms with van der Waals surface area (Å²) in [5.41, 5.74) is 0.817. The van der Waals surface area contributed by atoms with E-state index < -0.39 is 0 Å². The van der Waals surface area contributed by atoms with Gasteiger partial charge in [-0.3, -0.25) is 4.79 Å². The number of hydrogen-bond donors (Lipinski definition) is 2. The fourth-order valence-corrected chi connectivity index (χ4v) is 1.87. The predicted molar refractivity (Wildman–Crippen MR) is 77.7 cm³/mol. The van der Waals surface area contributed by atoms with Crippen LogP contribution in [0.5, 0.6) is 0 Å². The van der Waals surface area contributed by atoms with Gasteiger partial charge in [0.2, 0.25) is 0 Å². The van der Waals surface area contributed by atoms with Gasteiger partial charge in [0.05, 0.1) is 0 Å². The molecule has 0 amide bonds. The van der Waals surface area contributed by atoms with Gasteiger partial charge in [-0.1, -0.05) is 43.6 Å². The average molecular weight is 278 g/mol. The molecule has 0 unspecified atom stereocenters. The van der Waals surface area contributed by atoms with Crippen LogP contribution < -0.4 is 10.9 Å². The second kappa shape index (κ2) is 5.89. The summed E-state index contributed by atoms with van der Waals surface area (Å²) in [7, 11) is 0. The molecule has 0 bridgehead atoms. The number of H-pyrrole nitrogens is 1. The monoisotopic (exact) mass is 277 g/mol. The third-order valence-corrected chi connectivity index (χ3v) is 3.09. The van der Waals surface area contributed by atoms with Gasteiger partial charge in [0, 0.05) is 23.6 Å². The van der Waals surface area contributed by atoms with E-state index in [-0.39, 0.29) is 11.5 Å². The molecule has 2 N–H and O–H groups in total. The van der Waals surface area contributed by atoms with Crippen molar-refractivity contribution in [3.05, 3.63) is 57.1 Å². The minimum Gasteiger partial charge on any atom is -0.366 e. The number of aromatic amines is 1. The van der Waals surface area contributed by atoms with E-state index in [2.05, 4.69) is 15.3 Å². The topological polar surface area (TPSA) is 57.8 Å². The van der Waals surface area contributed by atoms with Crippen LogP contribution in [-0.2, 0) is 6.54 Å². The molecular formula is C14H16ClN3O. The second-order valence-corrected chi connectivity index (χ2v) is 5.02. The number of rotatable bonds is 4. The van der Waals surface area contributed by atoms with Gasteiger partial charge in [-0.2, -0.15) is 0 Å². The number of nitrogens with one attached hydrogen (secondary N) is 2. The normalized spacial score (nSPS) is 10.7. The Bertz CT molecular complexity index is 622. The molecule has 2 aromatic rings. The summed E-state index contributed by atoms with van der Waals surface area (Å²) in [5.74, 6) is 1.41. The van der Waals surface area contributed by atoms with E-state index in [9.17, 15) is 4.79 Å². The highest BCUT2D eigenvalue weighted by Crippen LogP contribution is 2.16. The van der Waals surface area contributed by atoms with E-state index in [1.54, 1.807) is 0 Å². The van der Waals surface area contributed by atoms with Crippen LogP contribution in [0.15, 0.2) is 35.1 Å². The van der Waals surface area contributed by atoms with Gasteiger partial charge in [-0.15, -0.1) is 0 Å². The molecule has 100 valence electrons. The number of anilines is 1. The molecule has 0 aliphatic carbocycles. The second-order valence-electron chi connectivity index (χ2n) is 4.62. The van der Waals surface area contributed by atoms with Crippen molar-refractivity contribution in [2.45, 2.75) is 26.3 Å². The molecule has 2 rings (SSSR count). The highest BCUT2D eigenvalue weighted by molar-refractivity contribution is 6.31. The zero-order valence-corrected chi connectivity index (χ0v) is 11.7. The van der Waals surface area contributed by atoms with E-state index in [1.165, 1.54) is 6.07 Å². The number of benzene rings is 1. The number of hydrogen-bond acceptors (Lipinski definition) is 3. The number of aromatic nitrogens is 2. The van der Waals surface area contributed by atoms with Crippen molar-refractivity contribution in [2.75, 3.05) is 5.32 Å². The third-order valence-electron chi connectivity index (χ3n) is 2.72. The summed E-state index contributed by atoms with van der Waals surface area (Å²) >= 11 is 6.08. The molecule has 0 fully saturated rings. The molecular weight excluding hydrogens is 262 g/mol. The van der Waals surface area contributed by atoms with Crippen LogP contribution in [-0.4, -0.2) is 9.97 Å². The maximum Gasteiger partial charge on any atom is 0.252 e. The minimum atomic E-state index is -0.152. The molecule has 4 nitrogen and oxygen atoms in total. The Kier molecular flexibility index (Phi) is 4.22. The summed E-state index contributed by atoms with van der Waals surface area (Å²) in [5, 5.41) is 3.82. The average Bonchev–Trinajstić information content (AvgIpc) is 2.37. The fourth-order valence-electron chi connectivity index (χ4n) is 1.67. The van der Waals surface area contributed by atoms with E-state index in [4.69, 9.17) is 11.6 Å². The summed E-state index contributed by atoms with van der Waals surface area (Å²) in [6.07, 6.45) is 0. The van der Waals surface area contributed by atoms with Gasteiger partial charge < -0.3 is 10.3 Å². The first-order valence-corrected chi connectivity index (χ1v) is 6.52. The third kappa shape index (κ3) is 3.58. The van der Waals surface area contributed by atoms with Gasteiger partial charge >= 0.3 is 0 Å². The van der Waals surface area contributed by atoms with Crippen molar-refractivity contribution in [1.82, 2.24) is 9.97 Å². The van der Waals surface area contributed by atoms with Crippen molar-refractivity contribution in [3.8, 4) is 0 Å². The van der Waals surface area contributed by atoms with E-state index in [1.807, 2.05) is 38.1 Å². The van der Waals surface area contributed by atoms with Gasteiger partial charge in [0.25, 0.3) is 5.56 Å². The Hall–Kier alpha value is -1.81. The lowest BCUT2D eigenvalue weighted by Crippen LogP contribution is -2.14. The first-order chi connectivity index (χ1) is 9.06. The molecule has 0 aliphatic heterocycles. The summed E-state index contributed by atoms with van der Waals surface area (Å²) in [4.78, 5) is 18.6. The fraction of sp³-hybridized carbons (Fsp3) is 0.286. The van der Waals surface area contributed by atoms with Crippen molar-refractivity contribution in [3.63, 3.8) is 0 Å². The van der Waals surface area contributed by atoms with Crippen LogP contribution in [0.25, 0.3) is 0 Å². The molecule has 0 saturated carbocycles. The quantitative estimate of drug-likeness (QED) is 0.902. The summed E-state index contributed by atoms with van der Waals surface area (Å²) < 4.78 is 0. The van der Waals surface area contributed by atoms with Crippen LogP contribution in [0.2, 0.25) is 5.02 Å². The largest absolute Gasteiger partial charge is 0.366 e. The lowest BCUT2D eigenvalue weighted by atomic mass is 10.2. The zero-order chi connectivity index (χ0) is 13.8. The Labute approximate surface area is 116 Å². The van der Waals surface area contributed by atoms with E-state index in [0.717, 1.165) is 5.56 Å². The number of nitrogens with zero attached hydrogens (tertiary/aromatic N) is 1. The Balaban J connectivity index is 2.16. The lowest BCUT2D eigenvalue weighted by molar-refractivity contribution is 0.766. The van der Waals surface area contributed by atoms with E-state index in [0.29, 0.717) is 23.2 Å². The first-order valence-electron chi connectivity index (χ1n) is 6.15. The molecule has 0 spiro atoms. The van der Waals surface area contributed by atoms with Crippen LogP contribution in [0.3, 0.4) is 0 Å². The maximum absolute atomic E-state index is 11.5. The molecule has 0 radical (unpaired) electrons. The van der Waals surface area contributed by atoms with E-state index >= 15 is 0 Å². The molecule has 1 heterocycles. The van der Waals surface area contributed by atoms with Crippen LogP contribution in [0.1, 0.15) is 31.2 Å². The van der Waals surface area contributed by atoms with Gasteiger partial charge in [-0.25, -0.2) is 4.98 Å². The molecule has 0 atom stereocenters. The van der Waals surface area contributed by atoms with Crippen LogP contribution >= 0.6 is 11.6 Å². The van der Waals surface area contributed by atoms with Crippen molar-refractivity contribution >= 4 is 17.4 Å². The SMILES string of the molecule is CC(C)c1nc(NCc2ccccc2Cl)cc(=O)[nH]1. The number of halogens is 1. The molecule has 0 saturated heterocycles. The zero-order valence-electron chi connectivity index (χ0n) is 10.9. The predicted octanol–water partition coefficient (Wildman–Crippen LogP) is 3.16. The van der Waals surface area contributed by atoms with Crippen molar-refractivity contribution in [2.24, 2.45) is 0 Å². The van der Waals surface area contributed by atoms with Crippen LogP contribution in [0, 0.1) is 0 Å². The Morgan fingerprint density at radius 3 is 2.79 bits per heavy atom. The molecule has 1 aromatic carbocycles. The highest BCUT2D eigenvalue weighted by atomic mass is 35.5. The van der Waals surface area contributed by atoms with Gasteiger partial charge in [0.15, 0.2) is 0 Å². The lowest BCUT2D eigenvalue weighted by Gasteiger charge is -2.09. The first kappa shape index (κ1) is 13.6. The molecule has 1 aromatic heterocycles. The Morgan fingerprint density at radius 1 is 1.37 bits per heavy atom. The summed E-state index contributed by atoms with van der Waals surface area (Å²) in [6, 6.07) is 9.03. The maximum atomic E-state index is 11.5. The Morgan fingerprint density at radius 2 is 2.11 bits per heavy atom. The van der Waals surface area contributed by atoms with Crippen LogP contribution in [0.4, 0.5) is 5.82 Å². The van der Waals surface area contributed by atoms with Crippen molar-refractivity contribution in [1.29, 1.82) is 0 Å². The molecule has 19 heavy (non-hydrogen) atoms. The van der Waals surface area contributed by atoms with Gasteiger partial charge in [0.1, 0.15) is 11.6 Å². The highest BCUT2D eigenvalue weighted by Gasteiger charge is 2.05. The summed E-state index contributed by atoms with van der Waals surface area (Å²) in [6.45, 7) is 4.50. The standard InChI is InChI=1S/C14H16ClN3O/c1-9(2)14-17-12(7-13(19)18-14)16-8-10-5-3-4-6-11(10)15/h3-7,9H,8H2,1-2H3,(H2,16,17,18,19).